The summed E-state index contributed by atoms with van der Waals surface area (Å²) in [5, 5.41) is 11.2. The Hall–Kier alpha value is -0.330. The summed E-state index contributed by atoms with van der Waals surface area (Å²) in [6.07, 6.45) is 1.78. The molecule has 0 aromatic carbocycles. The maximum absolute atomic E-state index is 10.1. The Morgan fingerprint density at radius 1 is 1.75 bits per heavy atom. The molecule has 0 spiro atoms. The van der Waals surface area contributed by atoms with Gasteiger partial charge < -0.3 is 16.2 Å². The van der Waals surface area contributed by atoms with Crippen LogP contribution in [0.5, 0.6) is 0 Å². The van der Waals surface area contributed by atoms with Crippen LogP contribution in [0.3, 0.4) is 0 Å². The van der Waals surface area contributed by atoms with Crippen molar-refractivity contribution in [3.63, 3.8) is 0 Å². The first-order valence-electron chi connectivity index (χ1n) is 3.48. The van der Waals surface area contributed by atoms with Crippen molar-refractivity contribution in [2.45, 2.75) is 18.9 Å². The number of rotatable bonds is 1. The number of thiocarbonyl (C=S) groups is 1. The molecular weight excluding hydrogens is 196 g/mol. The van der Waals surface area contributed by atoms with Gasteiger partial charge in [-0.3, -0.25) is 4.79 Å². The van der Waals surface area contributed by atoms with Crippen LogP contribution in [0.25, 0.3) is 0 Å². The highest BCUT2D eigenvalue weighted by Gasteiger charge is 2.20. The summed E-state index contributed by atoms with van der Waals surface area (Å²) in [5.41, 5.74) is 4.71. The zero-order chi connectivity index (χ0) is 9.56. The molecule has 0 aliphatic carbocycles. The van der Waals surface area contributed by atoms with Gasteiger partial charge >= 0.3 is 5.97 Å². The maximum atomic E-state index is 10.1. The number of carbonyl (C=O) groups is 1. The van der Waals surface area contributed by atoms with Crippen molar-refractivity contribution in [2.75, 3.05) is 6.54 Å². The molecule has 1 atom stereocenters. The molecular formula is C6H12N2O2S2. The standard InChI is InChI=1S/C5H9NO2.CH3NS2/c7-5(8)4-2-1-3-6-4;2-1(3)4/h4,6H,1-3H2,(H,7,8);(H3,2,3,4). The van der Waals surface area contributed by atoms with Crippen molar-refractivity contribution in [3.8, 4) is 0 Å². The molecule has 0 aromatic heterocycles. The fourth-order valence-electron chi connectivity index (χ4n) is 0.895. The van der Waals surface area contributed by atoms with Crippen LogP contribution in [0.2, 0.25) is 0 Å². The van der Waals surface area contributed by atoms with Crippen LogP contribution in [0.4, 0.5) is 0 Å². The van der Waals surface area contributed by atoms with Crippen molar-refractivity contribution in [3.05, 3.63) is 0 Å². The summed E-state index contributed by atoms with van der Waals surface area (Å²) >= 11 is 7.65. The largest absolute Gasteiger partial charge is 0.480 e. The number of hydrogen-bond acceptors (Lipinski definition) is 3. The van der Waals surface area contributed by atoms with Gasteiger partial charge in [0.15, 0.2) is 0 Å². The van der Waals surface area contributed by atoms with E-state index in [4.69, 9.17) is 10.8 Å². The first-order valence-corrected chi connectivity index (χ1v) is 4.34. The van der Waals surface area contributed by atoms with Crippen LogP contribution < -0.4 is 11.1 Å². The first kappa shape index (κ1) is 11.7. The summed E-state index contributed by atoms with van der Waals surface area (Å²) in [6.45, 7) is 0.858. The Bertz CT molecular complexity index is 165. The van der Waals surface area contributed by atoms with Gasteiger partial charge in [0.2, 0.25) is 0 Å². The molecule has 0 amide bonds. The minimum Gasteiger partial charge on any atom is -0.480 e. The predicted octanol–water partition coefficient (Wildman–Crippen LogP) is -0.0172. The summed E-state index contributed by atoms with van der Waals surface area (Å²) < 4.78 is 0.194. The number of carboxylic acid groups (broad SMARTS) is 1. The second-order valence-corrected chi connectivity index (χ2v) is 3.55. The molecule has 1 fully saturated rings. The zero-order valence-corrected chi connectivity index (χ0v) is 8.20. The molecule has 1 aliphatic heterocycles. The summed E-state index contributed by atoms with van der Waals surface area (Å²) in [6, 6.07) is -0.269. The van der Waals surface area contributed by atoms with E-state index in [1.165, 1.54) is 0 Å². The topological polar surface area (TPSA) is 75.4 Å². The third-order valence-electron chi connectivity index (χ3n) is 1.36. The molecule has 1 aliphatic rings. The average molecular weight is 208 g/mol. The second-order valence-electron chi connectivity index (χ2n) is 2.33. The van der Waals surface area contributed by atoms with E-state index in [1.807, 2.05) is 0 Å². The Balaban J connectivity index is 0.000000261. The number of nitrogens with one attached hydrogen (secondary N) is 1. The van der Waals surface area contributed by atoms with E-state index in [0.29, 0.717) is 0 Å². The third kappa shape index (κ3) is 6.38. The molecule has 1 rings (SSSR count). The van der Waals surface area contributed by atoms with Gasteiger partial charge in [0, 0.05) is 0 Å². The fourth-order valence-corrected chi connectivity index (χ4v) is 0.895. The first-order chi connectivity index (χ1) is 5.54. The third-order valence-corrected chi connectivity index (χ3v) is 1.36. The minimum absolute atomic E-state index is 0.194. The van der Waals surface area contributed by atoms with E-state index in [0.717, 1.165) is 19.4 Å². The van der Waals surface area contributed by atoms with Gasteiger partial charge in [-0.1, -0.05) is 12.2 Å². The van der Waals surface area contributed by atoms with E-state index in [1.54, 1.807) is 0 Å². The summed E-state index contributed by atoms with van der Waals surface area (Å²) in [4.78, 5) is 10.1. The van der Waals surface area contributed by atoms with Crippen LogP contribution in [0, 0.1) is 0 Å². The van der Waals surface area contributed by atoms with E-state index in [-0.39, 0.29) is 10.4 Å². The van der Waals surface area contributed by atoms with E-state index in [9.17, 15) is 4.79 Å². The number of hydrogen-bond donors (Lipinski definition) is 4. The van der Waals surface area contributed by atoms with Crippen molar-refractivity contribution in [2.24, 2.45) is 5.73 Å². The highest BCUT2D eigenvalue weighted by molar-refractivity contribution is 8.10. The average Bonchev–Trinajstić information content (AvgIpc) is 2.34. The number of thiol groups is 1. The molecule has 4 nitrogen and oxygen atoms in total. The number of aliphatic carboxylic acids is 1. The van der Waals surface area contributed by atoms with Gasteiger partial charge in [-0.15, -0.1) is 12.6 Å². The van der Waals surface area contributed by atoms with Crippen LogP contribution in [0.1, 0.15) is 12.8 Å². The second kappa shape index (κ2) is 6.22. The van der Waals surface area contributed by atoms with E-state index < -0.39 is 5.97 Å². The van der Waals surface area contributed by atoms with Gasteiger partial charge in [0.1, 0.15) is 10.4 Å². The fraction of sp³-hybridized carbons (Fsp3) is 0.667. The molecule has 70 valence electrons. The lowest BCUT2D eigenvalue weighted by Gasteiger charge is -1.99. The van der Waals surface area contributed by atoms with Gasteiger partial charge in [0.05, 0.1) is 0 Å². The van der Waals surface area contributed by atoms with Crippen molar-refractivity contribution < 1.29 is 9.90 Å². The van der Waals surface area contributed by atoms with Gasteiger partial charge in [-0.2, -0.15) is 0 Å². The maximum Gasteiger partial charge on any atom is 0.320 e. The van der Waals surface area contributed by atoms with Crippen LogP contribution in [-0.2, 0) is 4.79 Å². The zero-order valence-electron chi connectivity index (χ0n) is 6.49. The normalized spacial score (nSPS) is 20.9. The molecule has 1 unspecified atom stereocenters. The van der Waals surface area contributed by atoms with E-state index in [2.05, 4.69) is 30.2 Å². The number of carboxylic acids is 1. The molecule has 1 saturated heterocycles. The summed E-state index contributed by atoms with van der Waals surface area (Å²) in [7, 11) is 0. The highest BCUT2D eigenvalue weighted by atomic mass is 32.1. The van der Waals surface area contributed by atoms with Crippen molar-refractivity contribution in [1.29, 1.82) is 0 Å². The quantitative estimate of drug-likeness (QED) is 0.360. The molecule has 0 bridgehead atoms. The van der Waals surface area contributed by atoms with Crippen LogP contribution in [0.15, 0.2) is 0 Å². The molecule has 0 aromatic rings. The van der Waals surface area contributed by atoms with Crippen molar-refractivity contribution in [1.82, 2.24) is 5.32 Å². The van der Waals surface area contributed by atoms with Crippen LogP contribution >= 0.6 is 24.8 Å². The Kier molecular flexibility index (Phi) is 6.04. The predicted molar refractivity (Wildman–Crippen MR) is 54.4 cm³/mol. The Morgan fingerprint density at radius 2 is 2.25 bits per heavy atom. The SMILES string of the molecule is NC(=S)S.O=C(O)C1CCCN1. The van der Waals surface area contributed by atoms with Crippen molar-refractivity contribution >= 4 is 35.1 Å². The smallest absolute Gasteiger partial charge is 0.320 e. The molecule has 0 saturated carbocycles. The van der Waals surface area contributed by atoms with Gasteiger partial charge in [0.25, 0.3) is 0 Å². The summed E-state index contributed by atoms with van der Waals surface area (Å²) in [5.74, 6) is -0.720. The minimum atomic E-state index is -0.720. The number of nitrogens with two attached hydrogens (primary N) is 1. The van der Waals surface area contributed by atoms with Gasteiger partial charge in [-0.25, -0.2) is 0 Å². The van der Waals surface area contributed by atoms with Crippen LogP contribution in [-0.4, -0.2) is 28.0 Å². The molecule has 12 heavy (non-hydrogen) atoms. The molecule has 4 N–H and O–H groups in total. The highest BCUT2D eigenvalue weighted by Crippen LogP contribution is 2.03. The molecule has 6 heteroatoms. The Labute approximate surface area is 81.9 Å². The lowest BCUT2D eigenvalue weighted by Crippen LogP contribution is -2.29. The van der Waals surface area contributed by atoms with E-state index >= 15 is 0 Å². The lowest BCUT2D eigenvalue weighted by molar-refractivity contribution is -0.139. The lowest BCUT2D eigenvalue weighted by atomic mass is 10.2. The monoisotopic (exact) mass is 208 g/mol. The molecule has 0 radical (unpaired) electrons. The molecule has 1 heterocycles. The van der Waals surface area contributed by atoms with Gasteiger partial charge in [-0.05, 0) is 19.4 Å². The Morgan fingerprint density at radius 3 is 2.42 bits per heavy atom.